The molecule has 0 aliphatic carbocycles. The maximum absolute atomic E-state index is 5.91. The van der Waals surface area contributed by atoms with Crippen LogP contribution in [0.4, 0.5) is 0 Å². The van der Waals surface area contributed by atoms with Gasteiger partial charge in [0.2, 0.25) is 0 Å². The van der Waals surface area contributed by atoms with E-state index in [1.165, 1.54) is 10.4 Å². The van der Waals surface area contributed by atoms with Crippen LogP contribution in [0.2, 0.25) is 4.34 Å². The van der Waals surface area contributed by atoms with Crippen molar-refractivity contribution in [2.45, 2.75) is 33.2 Å². The molecule has 0 aliphatic rings. The van der Waals surface area contributed by atoms with E-state index in [4.69, 9.17) is 16.0 Å². The molecular weight excluding hydrogens is 266 g/mol. The molecular formula is C14H18ClNOS. The zero-order chi connectivity index (χ0) is 13.1. The van der Waals surface area contributed by atoms with Gasteiger partial charge >= 0.3 is 0 Å². The summed E-state index contributed by atoms with van der Waals surface area (Å²) >= 11 is 7.56. The first-order valence-electron chi connectivity index (χ1n) is 6.11. The highest BCUT2D eigenvalue weighted by Gasteiger charge is 2.11. The van der Waals surface area contributed by atoms with Crippen LogP contribution in [0.3, 0.4) is 0 Å². The van der Waals surface area contributed by atoms with Gasteiger partial charge in [-0.2, -0.15) is 0 Å². The topological polar surface area (TPSA) is 25.2 Å². The number of aryl methyl sites for hydroxylation is 2. The number of furan rings is 1. The Hall–Kier alpha value is -0.770. The molecule has 0 saturated heterocycles. The van der Waals surface area contributed by atoms with Gasteiger partial charge in [-0.15, -0.1) is 11.3 Å². The number of thiophene rings is 1. The molecule has 0 spiro atoms. The second-order valence-electron chi connectivity index (χ2n) is 4.50. The van der Waals surface area contributed by atoms with Gasteiger partial charge in [0, 0.05) is 23.0 Å². The second kappa shape index (κ2) is 5.91. The molecule has 0 aliphatic heterocycles. The molecule has 2 aromatic heterocycles. The maximum atomic E-state index is 5.91. The summed E-state index contributed by atoms with van der Waals surface area (Å²) in [5.41, 5.74) is 1.25. The molecule has 1 unspecified atom stereocenters. The fraction of sp³-hybridized carbons (Fsp3) is 0.429. The van der Waals surface area contributed by atoms with E-state index < -0.39 is 0 Å². The van der Waals surface area contributed by atoms with E-state index in [0.29, 0.717) is 6.04 Å². The molecule has 2 aromatic rings. The van der Waals surface area contributed by atoms with Gasteiger partial charge in [-0.1, -0.05) is 11.6 Å². The Morgan fingerprint density at radius 1 is 1.39 bits per heavy atom. The van der Waals surface area contributed by atoms with Crippen molar-refractivity contribution in [1.82, 2.24) is 5.32 Å². The number of hydrogen-bond acceptors (Lipinski definition) is 3. The van der Waals surface area contributed by atoms with Crippen molar-refractivity contribution in [3.63, 3.8) is 0 Å². The molecule has 98 valence electrons. The van der Waals surface area contributed by atoms with E-state index in [-0.39, 0.29) is 0 Å². The molecule has 0 radical (unpaired) electrons. The Morgan fingerprint density at radius 2 is 2.17 bits per heavy atom. The summed E-state index contributed by atoms with van der Waals surface area (Å²) in [7, 11) is 0. The number of hydrogen-bond donors (Lipinski definition) is 1. The molecule has 0 amide bonds. The molecule has 18 heavy (non-hydrogen) atoms. The largest absolute Gasteiger partial charge is 0.466 e. The third-order valence-corrected chi connectivity index (χ3v) is 4.29. The summed E-state index contributed by atoms with van der Waals surface area (Å²) in [5.74, 6) is 1.98. The van der Waals surface area contributed by atoms with E-state index in [1.807, 2.05) is 19.9 Å². The molecule has 0 fully saturated rings. The Morgan fingerprint density at radius 3 is 2.72 bits per heavy atom. The Bertz CT molecular complexity index is 518. The average Bonchev–Trinajstić information content (AvgIpc) is 2.85. The lowest BCUT2D eigenvalue weighted by atomic mass is 10.1. The standard InChI is InChI=1S/C14H18ClNOS/c1-9-8-13(11(3)17-9)10(2)16-7-6-12-4-5-14(15)18-12/h4-5,8,10,16H,6-7H2,1-3H3. The molecule has 1 atom stereocenters. The van der Waals surface area contributed by atoms with Crippen molar-refractivity contribution in [3.05, 3.63) is 44.5 Å². The van der Waals surface area contributed by atoms with Crippen LogP contribution < -0.4 is 5.32 Å². The van der Waals surface area contributed by atoms with Crippen LogP contribution in [0, 0.1) is 13.8 Å². The molecule has 4 heteroatoms. The summed E-state index contributed by atoms with van der Waals surface area (Å²) < 4.78 is 6.41. The highest BCUT2D eigenvalue weighted by Crippen LogP contribution is 2.23. The summed E-state index contributed by atoms with van der Waals surface area (Å²) in [5, 5.41) is 3.51. The molecule has 0 bridgehead atoms. The normalized spacial score (nSPS) is 12.9. The Labute approximate surface area is 117 Å². The van der Waals surface area contributed by atoms with Crippen LogP contribution in [0.25, 0.3) is 0 Å². The van der Waals surface area contributed by atoms with E-state index in [0.717, 1.165) is 28.8 Å². The SMILES string of the molecule is Cc1cc(C(C)NCCc2ccc(Cl)s2)c(C)o1. The highest BCUT2D eigenvalue weighted by molar-refractivity contribution is 7.16. The molecule has 0 saturated carbocycles. The van der Waals surface area contributed by atoms with Crippen LogP contribution in [-0.4, -0.2) is 6.54 Å². The monoisotopic (exact) mass is 283 g/mol. The number of nitrogens with one attached hydrogen (secondary N) is 1. The molecule has 2 nitrogen and oxygen atoms in total. The smallest absolute Gasteiger partial charge is 0.105 e. The van der Waals surface area contributed by atoms with E-state index >= 15 is 0 Å². The lowest BCUT2D eigenvalue weighted by Crippen LogP contribution is -2.21. The summed E-state index contributed by atoms with van der Waals surface area (Å²) in [4.78, 5) is 1.32. The van der Waals surface area contributed by atoms with Crippen LogP contribution in [-0.2, 0) is 6.42 Å². The van der Waals surface area contributed by atoms with Crippen molar-refractivity contribution in [3.8, 4) is 0 Å². The lowest BCUT2D eigenvalue weighted by molar-refractivity contribution is 0.490. The minimum atomic E-state index is 0.317. The highest BCUT2D eigenvalue weighted by atomic mass is 35.5. The number of rotatable bonds is 5. The fourth-order valence-electron chi connectivity index (χ4n) is 2.09. The van der Waals surface area contributed by atoms with Gasteiger partial charge in [0.15, 0.2) is 0 Å². The molecule has 0 aromatic carbocycles. The van der Waals surface area contributed by atoms with Crippen molar-refractivity contribution in [2.75, 3.05) is 6.54 Å². The van der Waals surface area contributed by atoms with Gasteiger partial charge in [0.1, 0.15) is 11.5 Å². The average molecular weight is 284 g/mol. The Kier molecular flexibility index (Phi) is 4.49. The van der Waals surface area contributed by atoms with Crippen molar-refractivity contribution in [1.29, 1.82) is 0 Å². The van der Waals surface area contributed by atoms with Crippen LogP contribution in [0.5, 0.6) is 0 Å². The van der Waals surface area contributed by atoms with E-state index in [2.05, 4.69) is 24.4 Å². The zero-order valence-corrected chi connectivity index (χ0v) is 12.5. The second-order valence-corrected chi connectivity index (χ2v) is 6.30. The van der Waals surface area contributed by atoms with Crippen LogP contribution >= 0.6 is 22.9 Å². The predicted octanol–water partition coefficient (Wildman–Crippen LogP) is 4.50. The predicted molar refractivity (Wildman–Crippen MR) is 77.6 cm³/mol. The van der Waals surface area contributed by atoms with Crippen LogP contribution in [0.15, 0.2) is 22.6 Å². The lowest BCUT2D eigenvalue weighted by Gasteiger charge is -2.12. The Balaban J connectivity index is 1.85. The summed E-state index contributed by atoms with van der Waals surface area (Å²) in [6.07, 6.45) is 1.01. The first kappa shape index (κ1) is 13.7. The maximum Gasteiger partial charge on any atom is 0.105 e. The first-order chi connectivity index (χ1) is 8.56. The van der Waals surface area contributed by atoms with Gasteiger partial charge in [-0.05, 0) is 45.4 Å². The van der Waals surface area contributed by atoms with Crippen LogP contribution in [0.1, 0.15) is 34.9 Å². The minimum Gasteiger partial charge on any atom is -0.466 e. The van der Waals surface area contributed by atoms with Gasteiger partial charge in [-0.25, -0.2) is 0 Å². The first-order valence-corrected chi connectivity index (χ1v) is 7.30. The van der Waals surface area contributed by atoms with E-state index in [9.17, 15) is 0 Å². The van der Waals surface area contributed by atoms with Gasteiger partial charge in [-0.3, -0.25) is 0 Å². The number of halogens is 1. The third-order valence-electron chi connectivity index (χ3n) is 3.00. The van der Waals surface area contributed by atoms with Crippen molar-refractivity contribution >= 4 is 22.9 Å². The fourth-order valence-corrected chi connectivity index (χ4v) is 3.18. The zero-order valence-electron chi connectivity index (χ0n) is 10.9. The third kappa shape index (κ3) is 3.37. The van der Waals surface area contributed by atoms with Gasteiger partial charge in [0.25, 0.3) is 0 Å². The quantitative estimate of drug-likeness (QED) is 0.874. The molecule has 2 heterocycles. The van der Waals surface area contributed by atoms with Crippen molar-refractivity contribution < 1.29 is 4.42 Å². The van der Waals surface area contributed by atoms with Crippen molar-refractivity contribution in [2.24, 2.45) is 0 Å². The van der Waals surface area contributed by atoms with Gasteiger partial charge in [0.05, 0.1) is 4.34 Å². The molecule has 1 N–H and O–H groups in total. The summed E-state index contributed by atoms with van der Waals surface area (Å²) in [6, 6.07) is 6.47. The summed E-state index contributed by atoms with van der Waals surface area (Å²) in [6.45, 7) is 7.11. The minimum absolute atomic E-state index is 0.317. The van der Waals surface area contributed by atoms with E-state index in [1.54, 1.807) is 11.3 Å². The van der Waals surface area contributed by atoms with Gasteiger partial charge < -0.3 is 9.73 Å². The molecule has 2 rings (SSSR count).